The number of fused-ring (bicyclic) bond motifs is 6. The topological polar surface area (TPSA) is 52.6 Å². The summed E-state index contributed by atoms with van der Waals surface area (Å²) in [6, 6.07) is 0. The molecular weight excluding hydrogens is 352 g/mol. The zero-order valence-corrected chi connectivity index (χ0v) is 17.3. The Balaban J connectivity index is 1.41. The van der Waals surface area contributed by atoms with Crippen LogP contribution in [0.5, 0.6) is 0 Å². The lowest BCUT2D eigenvalue weighted by Gasteiger charge is -2.49. The van der Waals surface area contributed by atoms with Gasteiger partial charge in [-0.05, 0) is 55.3 Å². The zero-order chi connectivity index (χ0) is 19.8. The summed E-state index contributed by atoms with van der Waals surface area (Å²) >= 11 is 0. The molecule has 0 aromatic heterocycles. The Labute approximate surface area is 167 Å². The van der Waals surface area contributed by atoms with Gasteiger partial charge in [0.1, 0.15) is 12.2 Å². The minimum absolute atomic E-state index is 0.00948. The predicted octanol–water partition coefficient (Wildman–Crippen LogP) is 4.44. The van der Waals surface area contributed by atoms with E-state index in [-0.39, 0.29) is 35.5 Å². The average molecular weight is 385 g/mol. The smallest absolute Gasteiger partial charge is 0.309 e. The van der Waals surface area contributed by atoms with Gasteiger partial charge in [-0.25, -0.2) is 0 Å². The van der Waals surface area contributed by atoms with Crippen LogP contribution in [0.3, 0.4) is 0 Å². The fraction of sp³-hybridized carbons (Fsp3) is 0.750. The molecule has 28 heavy (non-hydrogen) atoms. The van der Waals surface area contributed by atoms with Gasteiger partial charge in [0.25, 0.3) is 0 Å². The van der Waals surface area contributed by atoms with E-state index in [0.29, 0.717) is 29.6 Å². The van der Waals surface area contributed by atoms with E-state index >= 15 is 0 Å². The first-order valence-corrected chi connectivity index (χ1v) is 11.0. The lowest BCUT2D eigenvalue weighted by Crippen LogP contribution is -2.43. The molecule has 5 rings (SSSR count). The van der Waals surface area contributed by atoms with Crippen LogP contribution >= 0.6 is 0 Å². The SMILES string of the molecule is C=C1[C@@H]2C[C@H](OC(C)=O)CC2=CC[C@@H]2[C@@H]1CC[C@]1(C)[C@@H]3[C@H](C[C@@H]21)OC(=O)[C@H]3C. The molecule has 1 aliphatic heterocycles. The number of ether oxygens (including phenoxy) is 2. The van der Waals surface area contributed by atoms with Gasteiger partial charge in [0, 0.05) is 25.2 Å². The second-order valence-electron chi connectivity index (χ2n) is 10.3. The van der Waals surface area contributed by atoms with Crippen molar-refractivity contribution in [3.63, 3.8) is 0 Å². The summed E-state index contributed by atoms with van der Waals surface area (Å²) in [6.07, 6.45) is 8.78. The van der Waals surface area contributed by atoms with E-state index in [1.165, 1.54) is 18.1 Å². The minimum Gasteiger partial charge on any atom is -0.462 e. The number of allylic oxidation sites excluding steroid dienone is 2. The molecule has 1 saturated heterocycles. The Morgan fingerprint density at radius 2 is 2.14 bits per heavy atom. The number of hydrogen-bond acceptors (Lipinski definition) is 4. The van der Waals surface area contributed by atoms with Gasteiger partial charge >= 0.3 is 11.9 Å². The van der Waals surface area contributed by atoms with Crippen molar-refractivity contribution in [3.05, 3.63) is 23.8 Å². The lowest BCUT2D eigenvalue weighted by atomic mass is 9.55. The highest BCUT2D eigenvalue weighted by Crippen LogP contribution is 2.66. The molecule has 0 aromatic carbocycles. The first-order valence-electron chi connectivity index (χ1n) is 11.0. The molecule has 4 heteroatoms. The van der Waals surface area contributed by atoms with E-state index in [9.17, 15) is 9.59 Å². The van der Waals surface area contributed by atoms with Gasteiger partial charge in [0.05, 0.1) is 5.92 Å². The largest absolute Gasteiger partial charge is 0.462 e. The summed E-state index contributed by atoms with van der Waals surface area (Å²) < 4.78 is 11.3. The van der Waals surface area contributed by atoms with Gasteiger partial charge in [-0.1, -0.05) is 37.6 Å². The molecule has 4 aliphatic carbocycles. The van der Waals surface area contributed by atoms with Gasteiger partial charge in [-0.2, -0.15) is 0 Å². The van der Waals surface area contributed by atoms with E-state index in [4.69, 9.17) is 9.47 Å². The number of esters is 2. The van der Waals surface area contributed by atoms with Crippen molar-refractivity contribution in [1.29, 1.82) is 0 Å². The Bertz CT molecular complexity index is 767. The molecular formula is C24H32O4. The van der Waals surface area contributed by atoms with Crippen LogP contribution in [0.4, 0.5) is 0 Å². The molecule has 5 aliphatic rings. The van der Waals surface area contributed by atoms with Crippen molar-refractivity contribution in [2.45, 2.75) is 71.5 Å². The standard InChI is InChI=1S/C24H32O4/c1-12-17-7-8-24(4)20(11-21-22(24)13(2)23(26)28-21)18(17)6-5-15-9-16(10-19(12)15)27-14(3)25/h5,13,16-22H,1,6-11H2,2-4H3/t13-,16+,17+,18+,19-,20-,21-,22-,24-/m0/s1. The summed E-state index contributed by atoms with van der Waals surface area (Å²) in [5.74, 6) is 2.37. The summed E-state index contributed by atoms with van der Waals surface area (Å²) in [4.78, 5) is 23.5. The van der Waals surface area contributed by atoms with Crippen molar-refractivity contribution in [1.82, 2.24) is 0 Å². The van der Waals surface area contributed by atoms with Crippen LogP contribution in [-0.4, -0.2) is 24.1 Å². The minimum atomic E-state index is -0.180. The quantitative estimate of drug-likeness (QED) is 0.495. The molecule has 1 heterocycles. The number of carbonyl (C=O) groups is 2. The van der Waals surface area contributed by atoms with Crippen LogP contribution in [-0.2, 0) is 19.1 Å². The van der Waals surface area contributed by atoms with E-state index in [1.807, 2.05) is 0 Å². The number of hydrogen-bond donors (Lipinski definition) is 0. The normalized spacial score (nSPS) is 49.3. The second-order valence-corrected chi connectivity index (χ2v) is 10.3. The maximum absolute atomic E-state index is 12.2. The summed E-state index contributed by atoms with van der Waals surface area (Å²) in [6.45, 7) is 10.6. The fourth-order valence-electron chi connectivity index (χ4n) is 7.91. The monoisotopic (exact) mass is 384 g/mol. The molecule has 0 radical (unpaired) electrons. The maximum atomic E-state index is 12.2. The molecule has 0 N–H and O–H groups in total. The van der Waals surface area contributed by atoms with Gasteiger partial charge < -0.3 is 9.47 Å². The Morgan fingerprint density at radius 1 is 1.36 bits per heavy atom. The van der Waals surface area contributed by atoms with Crippen LogP contribution in [0.1, 0.15) is 59.3 Å². The molecule has 152 valence electrons. The highest BCUT2D eigenvalue weighted by atomic mass is 16.6. The summed E-state index contributed by atoms with van der Waals surface area (Å²) in [7, 11) is 0. The first kappa shape index (κ1) is 18.4. The zero-order valence-electron chi connectivity index (χ0n) is 17.3. The van der Waals surface area contributed by atoms with E-state index < -0.39 is 0 Å². The first-order chi connectivity index (χ1) is 13.3. The molecule has 0 amide bonds. The third kappa shape index (κ3) is 2.48. The van der Waals surface area contributed by atoms with Crippen molar-refractivity contribution in [3.8, 4) is 0 Å². The second kappa shape index (κ2) is 6.21. The summed E-state index contributed by atoms with van der Waals surface area (Å²) in [5.41, 5.74) is 3.01. The molecule has 4 fully saturated rings. The van der Waals surface area contributed by atoms with Crippen LogP contribution in [0, 0.1) is 40.9 Å². The predicted molar refractivity (Wildman–Crippen MR) is 105 cm³/mol. The molecule has 9 atom stereocenters. The molecule has 4 nitrogen and oxygen atoms in total. The van der Waals surface area contributed by atoms with Crippen molar-refractivity contribution >= 4 is 11.9 Å². The van der Waals surface area contributed by atoms with E-state index in [1.54, 1.807) is 0 Å². The molecule has 0 spiro atoms. The van der Waals surface area contributed by atoms with Gasteiger partial charge in [0.2, 0.25) is 0 Å². The van der Waals surface area contributed by atoms with Crippen LogP contribution in [0.2, 0.25) is 0 Å². The highest BCUT2D eigenvalue weighted by Gasteiger charge is 2.64. The average Bonchev–Trinajstić information content (AvgIpc) is 3.21. The molecule has 0 bridgehead atoms. The Kier molecular flexibility index (Phi) is 4.09. The Hall–Kier alpha value is -1.58. The van der Waals surface area contributed by atoms with Gasteiger partial charge in [0.15, 0.2) is 0 Å². The van der Waals surface area contributed by atoms with Crippen LogP contribution in [0.25, 0.3) is 0 Å². The summed E-state index contributed by atoms with van der Waals surface area (Å²) in [5, 5.41) is 0. The number of carbonyl (C=O) groups excluding carboxylic acids is 2. The van der Waals surface area contributed by atoms with Gasteiger partial charge in [-0.3, -0.25) is 9.59 Å². The molecule has 0 aromatic rings. The van der Waals surface area contributed by atoms with E-state index in [2.05, 4.69) is 26.5 Å². The number of rotatable bonds is 1. The van der Waals surface area contributed by atoms with Crippen LogP contribution < -0.4 is 0 Å². The molecule has 3 saturated carbocycles. The third-order valence-electron chi connectivity index (χ3n) is 9.02. The van der Waals surface area contributed by atoms with Crippen molar-refractivity contribution < 1.29 is 19.1 Å². The fourth-order valence-corrected chi connectivity index (χ4v) is 7.91. The maximum Gasteiger partial charge on any atom is 0.309 e. The third-order valence-corrected chi connectivity index (χ3v) is 9.02. The molecule has 0 unspecified atom stereocenters. The van der Waals surface area contributed by atoms with Gasteiger partial charge in [-0.15, -0.1) is 0 Å². The highest BCUT2D eigenvalue weighted by molar-refractivity contribution is 5.75. The van der Waals surface area contributed by atoms with E-state index in [0.717, 1.165) is 38.5 Å². The van der Waals surface area contributed by atoms with Crippen LogP contribution in [0.15, 0.2) is 23.8 Å². The van der Waals surface area contributed by atoms with Crippen molar-refractivity contribution in [2.75, 3.05) is 0 Å². The lowest BCUT2D eigenvalue weighted by molar-refractivity contribution is -0.146. The Morgan fingerprint density at radius 3 is 2.89 bits per heavy atom. The van der Waals surface area contributed by atoms with Crippen molar-refractivity contribution in [2.24, 2.45) is 40.9 Å².